The van der Waals surface area contributed by atoms with Crippen LogP contribution in [0.5, 0.6) is 0 Å². The summed E-state index contributed by atoms with van der Waals surface area (Å²) in [7, 11) is 0. The third-order valence-electron chi connectivity index (χ3n) is 2.90. The molecular formula is C21H39N. The van der Waals surface area contributed by atoms with Gasteiger partial charge in [-0.2, -0.15) is 0 Å². The molecule has 0 aromatic carbocycles. The molecule has 0 saturated carbocycles. The number of hydrogen-bond donors (Lipinski definition) is 0. The minimum atomic E-state index is 0.986. The van der Waals surface area contributed by atoms with Crippen LogP contribution in [0.3, 0.4) is 0 Å². The van der Waals surface area contributed by atoms with Gasteiger partial charge in [0, 0.05) is 6.20 Å². The zero-order valence-electron chi connectivity index (χ0n) is 16.6. The number of hydrogen-bond acceptors (Lipinski definition) is 1. The second-order valence-corrected chi connectivity index (χ2v) is 4.99. The number of nitrogens with zero attached hydrogens (tertiary/aromatic N) is 1. The van der Waals surface area contributed by atoms with Crippen molar-refractivity contribution < 1.29 is 0 Å². The summed E-state index contributed by atoms with van der Waals surface area (Å²) in [5.41, 5.74) is 4.70. The van der Waals surface area contributed by atoms with E-state index in [0.29, 0.717) is 0 Å². The van der Waals surface area contributed by atoms with Crippen molar-refractivity contribution in [2.75, 3.05) is 0 Å². The van der Waals surface area contributed by atoms with Gasteiger partial charge in [0.25, 0.3) is 0 Å². The monoisotopic (exact) mass is 305 g/mol. The summed E-state index contributed by atoms with van der Waals surface area (Å²) in [6.45, 7) is 22.5. The number of unbranched alkanes of at least 4 members (excludes halogenated alkanes) is 1. The highest BCUT2D eigenvalue weighted by Crippen LogP contribution is 2.08. The predicted molar refractivity (Wildman–Crippen MR) is 105 cm³/mol. The van der Waals surface area contributed by atoms with Gasteiger partial charge in [-0.15, -0.1) is 0 Å². The Kier molecular flexibility index (Phi) is 22.8. The lowest BCUT2D eigenvalue weighted by Crippen LogP contribution is -1.84. The van der Waals surface area contributed by atoms with E-state index in [4.69, 9.17) is 0 Å². The fraction of sp³-hybridized carbons (Fsp3) is 0.571. The van der Waals surface area contributed by atoms with Crippen molar-refractivity contribution in [1.29, 1.82) is 0 Å². The molecule has 1 nitrogen and oxygen atoms in total. The standard InChI is InChI=1S/C9H11N.C6H12.C4H10.C2H6/c1-7(2)9-6-8(3)4-5-10-9;1-4-6(3)5-2;1-3-4-2;1-2/h4-6H,1H2,2-3H3;4H,5H2,1-3H3;3-4H2,1-2H3;1-2H3/b;6-4+;;. The second kappa shape index (κ2) is 19.6. The van der Waals surface area contributed by atoms with E-state index >= 15 is 0 Å². The fourth-order valence-corrected chi connectivity index (χ4v) is 0.974. The van der Waals surface area contributed by atoms with E-state index in [1.54, 1.807) is 6.20 Å². The average molecular weight is 306 g/mol. The normalized spacial score (nSPS) is 9.23. The van der Waals surface area contributed by atoms with Crippen LogP contribution in [0, 0.1) is 6.92 Å². The molecule has 0 atom stereocenters. The van der Waals surface area contributed by atoms with E-state index in [0.717, 1.165) is 11.3 Å². The van der Waals surface area contributed by atoms with Crippen LogP contribution in [0.2, 0.25) is 0 Å². The Morgan fingerprint density at radius 1 is 1.14 bits per heavy atom. The maximum absolute atomic E-state index is 4.14. The molecule has 0 N–H and O–H groups in total. The summed E-state index contributed by atoms with van der Waals surface area (Å²) in [5, 5.41) is 0. The molecule has 0 aliphatic carbocycles. The maximum atomic E-state index is 4.14. The van der Waals surface area contributed by atoms with Gasteiger partial charge >= 0.3 is 0 Å². The molecule has 0 aliphatic heterocycles. The molecule has 1 rings (SSSR count). The van der Waals surface area contributed by atoms with Gasteiger partial charge in [0.05, 0.1) is 5.69 Å². The third kappa shape index (κ3) is 18.6. The van der Waals surface area contributed by atoms with Crippen molar-refractivity contribution in [1.82, 2.24) is 4.98 Å². The van der Waals surface area contributed by atoms with Crippen LogP contribution in [-0.4, -0.2) is 4.98 Å². The molecule has 0 aliphatic rings. The zero-order valence-corrected chi connectivity index (χ0v) is 16.6. The molecule has 0 bridgehead atoms. The van der Waals surface area contributed by atoms with Crippen LogP contribution in [0.25, 0.3) is 5.57 Å². The van der Waals surface area contributed by atoms with Gasteiger partial charge in [0.1, 0.15) is 0 Å². The molecule has 1 heterocycles. The first-order valence-electron chi connectivity index (χ1n) is 8.63. The molecule has 1 aromatic rings. The summed E-state index contributed by atoms with van der Waals surface area (Å²) >= 11 is 0. The summed E-state index contributed by atoms with van der Waals surface area (Å²) in [5.74, 6) is 0. The van der Waals surface area contributed by atoms with E-state index in [9.17, 15) is 0 Å². The lowest BCUT2D eigenvalue weighted by molar-refractivity contribution is 0.886. The summed E-state index contributed by atoms with van der Waals surface area (Å²) in [6, 6.07) is 4.01. The van der Waals surface area contributed by atoms with Gasteiger partial charge < -0.3 is 0 Å². The number of aryl methyl sites for hydroxylation is 1. The van der Waals surface area contributed by atoms with Crippen LogP contribution in [0.15, 0.2) is 36.6 Å². The van der Waals surface area contributed by atoms with E-state index in [1.165, 1.54) is 30.4 Å². The Morgan fingerprint density at radius 2 is 1.64 bits per heavy atom. The molecule has 0 saturated heterocycles. The van der Waals surface area contributed by atoms with Crippen LogP contribution >= 0.6 is 0 Å². The van der Waals surface area contributed by atoms with Crippen molar-refractivity contribution in [3.63, 3.8) is 0 Å². The van der Waals surface area contributed by atoms with E-state index < -0.39 is 0 Å². The average Bonchev–Trinajstić information content (AvgIpc) is 2.56. The van der Waals surface area contributed by atoms with Crippen LogP contribution in [0.1, 0.15) is 85.9 Å². The minimum Gasteiger partial charge on any atom is -0.257 e. The van der Waals surface area contributed by atoms with Crippen molar-refractivity contribution in [3.05, 3.63) is 47.8 Å². The highest BCUT2D eigenvalue weighted by molar-refractivity contribution is 5.57. The van der Waals surface area contributed by atoms with Crippen molar-refractivity contribution in [2.24, 2.45) is 0 Å². The van der Waals surface area contributed by atoms with Crippen LogP contribution in [-0.2, 0) is 0 Å². The molecule has 0 spiro atoms. The topological polar surface area (TPSA) is 12.9 Å². The van der Waals surface area contributed by atoms with Gasteiger partial charge in [-0.3, -0.25) is 4.98 Å². The first-order chi connectivity index (χ1) is 10.4. The first kappa shape index (κ1) is 25.6. The molecule has 1 heteroatoms. The lowest BCUT2D eigenvalue weighted by atomic mass is 10.2. The number of pyridine rings is 1. The Balaban J connectivity index is -0.000000259. The SMILES string of the molecule is C/C=C(\C)CC.C=C(C)c1cc(C)ccn1.CC.CCCC. The predicted octanol–water partition coefficient (Wildman–Crippen LogP) is 7.62. The molecule has 0 radical (unpaired) electrons. The van der Waals surface area contributed by atoms with Gasteiger partial charge in [-0.25, -0.2) is 0 Å². The molecule has 0 unspecified atom stereocenters. The van der Waals surface area contributed by atoms with Crippen molar-refractivity contribution in [2.45, 2.75) is 81.6 Å². The van der Waals surface area contributed by atoms with Crippen molar-refractivity contribution >= 4 is 5.57 Å². The molecule has 0 amide bonds. The number of aromatic nitrogens is 1. The Bertz CT molecular complexity index is 387. The van der Waals surface area contributed by atoms with E-state index in [2.05, 4.69) is 52.3 Å². The molecular weight excluding hydrogens is 266 g/mol. The lowest BCUT2D eigenvalue weighted by Gasteiger charge is -1.97. The van der Waals surface area contributed by atoms with Crippen LogP contribution in [0.4, 0.5) is 0 Å². The highest BCUT2D eigenvalue weighted by Gasteiger charge is 1.92. The smallest absolute Gasteiger partial charge is 0.0655 e. The van der Waals surface area contributed by atoms with E-state index in [-0.39, 0.29) is 0 Å². The molecule has 22 heavy (non-hydrogen) atoms. The Morgan fingerprint density at radius 3 is 1.82 bits per heavy atom. The fourth-order valence-electron chi connectivity index (χ4n) is 0.974. The quantitative estimate of drug-likeness (QED) is 0.523. The molecule has 1 aromatic heterocycles. The Labute approximate surface area is 140 Å². The third-order valence-corrected chi connectivity index (χ3v) is 2.90. The first-order valence-corrected chi connectivity index (χ1v) is 8.63. The summed E-state index contributed by atoms with van der Waals surface area (Å²) < 4.78 is 0. The van der Waals surface area contributed by atoms with Gasteiger partial charge in [-0.05, 0) is 57.4 Å². The molecule has 128 valence electrons. The highest BCUT2D eigenvalue weighted by atomic mass is 14.7. The second-order valence-electron chi connectivity index (χ2n) is 4.99. The summed E-state index contributed by atoms with van der Waals surface area (Å²) in [4.78, 5) is 4.14. The van der Waals surface area contributed by atoms with Gasteiger partial charge in [0.15, 0.2) is 0 Å². The largest absolute Gasteiger partial charge is 0.257 e. The number of allylic oxidation sites excluding steroid dienone is 3. The zero-order chi connectivity index (χ0) is 18.0. The van der Waals surface area contributed by atoms with Gasteiger partial charge in [-0.1, -0.05) is 65.7 Å². The van der Waals surface area contributed by atoms with E-state index in [1.807, 2.05) is 39.8 Å². The van der Waals surface area contributed by atoms with Gasteiger partial charge in [0.2, 0.25) is 0 Å². The van der Waals surface area contributed by atoms with Crippen LogP contribution < -0.4 is 0 Å². The number of rotatable bonds is 3. The van der Waals surface area contributed by atoms with Crippen molar-refractivity contribution in [3.8, 4) is 0 Å². The maximum Gasteiger partial charge on any atom is 0.0655 e. The molecule has 0 fully saturated rings. The minimum absolute atomic E-state index is 0.986. The Hall–Kier alpha value is -1.37. The summed E-state index contributed by atoms with van der Waals surface area (Å²) in [6.07, 6.45) is 7.77.